The summed E-state index contributed by atoms with van der Waals surface area (Å²) in [5.74, 6) is -0.833. The van der Waals surface area contributed by atoms with Crippen LogP contribution < -0.4 is 5.32 Å². The quantitative estimate of drug-likeness (QED) is 0.534. The smallest absolute Gasteiger partial charge is 0.331 e. The maximum absolute atomic E-state index is 13.2. The Morgan fingerprint density at radius 2 is 1.58 bits per heavy atom. The molecule has 1 fully saturated rings. The first kappa shape index (κ1) is 23.4. The van der Waals surface area contributed by atoms with Crippen LogP contribution in [-0.4, -0.2) is 43.8 Å². The first-order chi connectivity index (χ1) is 15.9. The Hall–Kier alpha value is -2.71. The zero-order valence-corrected chi connectivity index (χ0v) is 19.7. The average molecular weight is 471 g/mol. The molecule has 2 aliphatic rings. The van der Waals surface area contributed by atoms with Crippen LogP contribution in [0.15, 0.2) is 53.4 Å². The van der Waals surface area contributed by atoms with Gasteiger partial charge in [0.25, 0.3) is 5.91 Å². The van der Waals surface area contributed by atoms with E-state index in [9.17, 15) is 18.0 Å². The molecule has 1 saturated carbocycles. The Balaban J connectivity index is 1.50. The van der Waals surface area contributed by atoms with Crippen molar-refractivity contribution in [3.05, 3.63) is 65.2 Å². The molecule has 1 aliphatic heterocycles. The number of nitrogens with one attached hydrogen (secondary N) is 1. The van der Waals surface area contributed by atoms with Gasteiger partial charge in [-0.3, -0.25) is 4.79 Å². The Morgan fingerprint density at radius 3 is 2.21 bits per heavy atom. The molecule has 33 heavy (non-hydrogen) atoms. The number of fused-ring (bicyclic) bond motifs is 1. The molecule has 0 unspecified atom stereocenters. The molecule has 176 valence electrons. The van der Waals surface area contributed by atoms with Crippen molar-refractivity contribution in [2.24, 2.45) is 0 Å². The van der Waals surface area contributed by atoms with E-state index in [0.717, 1.165) is 31.2 Å². The topological polar surface area (TPSA) is 92.8 Å². The lowest BCUT2D eigenvalue weighted by molar-refractivity contribution is -0.148. The molecule has 1 N–H and O–H groups in total. The number of amides is 1. The van der Waals surface area contributed by atoms with Gasteiger partial charge in [0.05, 0.1) is 12.0 Å². The van der Waals surface area contributed by atoms with E-state index in [0.29, 0.717) is 37.9 Å². The van der Waals surface area contributed by atoms with E-state index in [2.05, 4.69) is 5.32 Å². The van der Waals surface area contributed by atoms with Gasteiger partial charge in [-0.1, -0.05) is 49.9 Å². The van der Waals surface area contributed by atoms with E-state index in [-0.39, 0.29) is 4.90 Å². The van der Waals surface area contributed by atoms with E-state index >= 15 is 0 Å². The van der Waals surface area contributed by atoms with Crippen molar-refractivity contribution < 1.29 is 22.7 Å². The van der Waals surface area contributed by atoms with Crippen molar-refractivity contribution in [3.8, 4) is 0 Å². The summed E-state index contributed by atoms with van der Waals surface area (Å²) in [5, 5.41) is 2.90. The number of carbonyl (C=O) groups excluding carboxylic acids is 2. The van der Waals surface area contributed by atoms with Gasteiger partial charge in [0.1, 0.15) is 5.54 Å². The minimum absolute atomic E-state index is 0.149. The van der Waals surface area contributed by atoms with Gasteiger partial charge in [-0.25, -0.2) is 13.2 Å². The van der Waals surface area contributed by atoms with E-state index in [1.54, 1.807) is 0 Å². The summed E-state index contributed by atoms with van der Waals surface area (Å²) in [6, 6.07) is 13.8. The lowest BCUT2D eigenvalue weighted by atomic mass is 9.89. The molecule has 0 bridgehead atoms. The van der Waals surface area contributed by atoms with Crippen LogP contribution in [0.5, 0.6) is 0 Å². The maximum atomic E-state index is 13.2. The largest absolute Gasteiger partial charge is 0.467 e. The van der Waals surface area contributed by atoms with Crippen molar-refractivity contribution in [3.63, 3.8) is 0 Å². The zero-order chi connectivity index (χ0) is 23.5. The van der Waals surface area contributed by atoms with Gasteiger partial charge in [-0.05, 0) is 54.7 Å². The van der Waals surface area contributed by atoms with Crippen LogP contribution in [0.4, 0.5) is 0 Å². The van der Waals surface area contributed by atoms with Crippen LogP contribution in [0.1, 0.15) is 60.0 Å². The highest BCUT2D eigenvalue weighted by Crippen LogP contribution is 2.29. The fourth-order valence-corrected chi connectivity index (χ4v) is 6.22. The fraction of sp³-hybridized carbons (Fsp3) is 0.440. The average Bonchev–Trinajstić information content (AvgIpc) is 3.09. The fourth-order valence-electron chi connectivity index (χ4n) is 4.80. The van der Waals surface area contributed by atoms with Gasteiger partial charge in [-0.15, -0.1) is 0 Å². The SMILES string of the molecule is COC(=O)C1(NC(=O)c2ccc(S(=O)(=O)N3CCc4ccccc4C3)cc2)CCCCCC1. The number of benzene rings is 2. The first-order valence-electron chi connectivity index (χ1n) is 11.4. The lowest BCUT2D eigenvalue weighted by Gasteiger charge is -2.31. The van der Waals surface area contributed by atoms with E-state index in [1.165, 1.54) is 41.2 Å². The Morgan fingerprint density at radius 1 is 0.939 bits per heavy atom. The zero-order valence-electron chi connectivity index (χ0n) is 18.9. The molecule has 1 aliphatic carbocycles. The molecule has 2 aromatic rings. The second-order valence-electron chi connectivity index (χ2n) is 8.82. The van der Waals surface area contributed by atoms with Crippen molar-refractivity contribution in [2.45, 2.75) is 61.9 Å². The van der Waals surface area contributed by atoms with Gasteiger partial charge >= 0.3 is 5.97 Å². The van der Waals surface area contributed by atoms with Crippen molar-refractivity contribution >= 4 is 21.9 Å². The highest BCUT2D eigenvalue weighted by molar-refractivity contribution is 7.89. The van der Waals surface area contributed by atoms with Crippen LogP contribution in [0.3, 0.4) is 0 Å². The molecular weight excluding hydrogens is 440 g/mol. The summed E-state index contributed by atoms with van der Waals surface area (Å²) >= 11 is 0. The third-order valence-corrected chi connectivity index (χ3v) is 8.60. The molecule has 0 saturated heterocycles. The molecule has 2 aromatic carbocycles. The second-order valence-corrected chi connectivity index (χ2v) is 10.8. The number of ether oxygens (including phenoxy) is 1. The highest BCUT2D eigenvalue weighted by Gasteiger charge is 2.41. The third kappa shape index (κ3) is 4.82. The number of sulfonamides is 1. The molecule has 0 spiro atoms. The molecule has 0 aromatic heterocycles. The normalized spacial score (nSPS) is 18.6. The van der Waals surface area contributed by atoms with Crippen LogP contribution in [0, 0.1) is 0 Å². The maximum Gasteiger partial charge on any atom is 0.331 e. The van der Waals surface area contributed by atoms with Gasteiger partial charge in [0.2, 0.25) is 10.0 Å². The Kier molecular flexibility index (Phi) is 6.86. The molecule has 7 nitrogen and oxygen atoms in total. The number of esters is 1. The van der Waals surface area contributed by atoms with Crippen LogP contribution in [0.2, 0.25) is 0 Å². The van der Waals surface area contributed by atoms with Crippen molar-refractivity contribution in [1.29, 1.82) is 0 Å². The number of methoxy groups -OCH3 is 1. The summed E-state index contributed by atoms with van der Waals surface area (Å²) in [4.78, 5) is 25.7. The molecular formula is C25H30N2O5S. The molecule has 4 rings (SSSR count). The number of hydrogen-bond acceptors (Lipinski definition) is 5. The van der Waals surface area contributed by atoms with E-state index in [1.807, 2.05) is 24.3 Å². The highest BCUT2D eigenvalue weighted by atomic mass is 32.2. The second kappa shape index (κ2) is 9.65. The number of hydrogen-bond donors (Lipinski definition) is 1. The van der Waals surface area contributed by atoms with Crippen LogP contribution in [0.25, 0.3) is 0 Å². The monoisotopic (exact) mass is 470 g/mol. The molecule has 0 radical (unpaired) electrons. The molecule has 1 amide bonds. The van der Waals surface area contributed by atoms with E-state index in [4.69, 9.17) is 4.74 Å². The minimum atomic E-state index is -3.68. The van der Waals surface area contributed by atoms with Crippen LogP contribution in [-0.2, 0) is 32.5 Å². The van der Waals surface area contributed by atoms with E-state index < -0.39 is 27.4 Å². The van der Waals surface area contributed by atoms with Crippen LogP contribution >= 0.6 is 0 Å². The van der Waals surface area contributed by atoms with Gasteiger partial charge in [0, 0.05) is 18.7 Å². The molecule has 0 atom stereocenters. The molecule has 8 heteroatoms. The summed E-state index contributed by atoms with van der Waals surface area (Å²) in [6.45, 7) is 0.756. The van der Waals surface area contributed by atoms with Gasteiger partial charge < -0.3 is 10.1 Å². The predicted octanol–water partition coefficient (Wildman–Crippen LogP) is 3.43. The number of carbonyl (C=O) groups is 2. The van der Waals surface area contributed by atoms with Crippen molar-refractivity contribution in [1.82, 2.24) is 9.62 Å². The molecule has 1 heterocycles. The first-order valence-corrected chi connectivity index (χ1v) is 12.9. The Labute approximate surface area is 195 Å². The predicted molar refractivity (Wildman–Crippen MR) is 124 cm³/mol. The summed E-state index contributed by atoms with van der Waals surface area (Å²) in [7, 11) is -2.35. The lowest BCUT2D eigenvalue weighted by Crippen LogP contribution is -2.54. The summed E-state index contributed by atoms with van der Waals surface area (Å²) < 4.78 is 32.8. The number of rotatable bonds is 5. The van der Waals surface area contributed by atoms with Crippen molar-refractivity contribution in [2.75, 3.05) is 13.7 Å². The number of nitrogens with zero attached hydrogens (tertiary/aromatic N) is 1. The van der Waals surface area contributed by atoms with Gasteiger partial charge in [0.15, 0.2) is 0 Å². The summed E-state index contributed by atoms with van der Waals surface area (Å²) in [6.07, 6.45) is 5.45. The van der Waals surface area contributed by atoms with Gasteiger partial charge in [-0.2, -0.15) is 4.31 Å². The Bertz CT molecular complexity index is 1120. The standard InChI is InChI=1S/C25H30N2O5S/c1-32-24(29)25(15-6-2-3-7-16-25)26-23(28)20-10-12-22(13-11-20)33(30,31)27-17-14-19-8-4-5-9-21(19)18-27/h4-5,8-13H,2-3,6-7,14-18H2,1H3,(H,26,28). The third-order valence-electron chi connectivity index (χ3n) is 6.74. The summed E-state index contributed by atoms with van der Waals surface area (Å²) in [5.41, 5.74) is 1.47. The minimum Gasteiger partial charge on any atom is -0.467 e.